The molecular formula is C49H94O6. The fraction of sp³-hybridized carbons (Fsp3) is 0.939. The van der Waals surface area contributed by atoms with E-state index in [9.17, 15) is 14.4 Å². The summed E-state index contributed by atoms with van der Waals surface area (Å²) in [6, 6.07) is 0. The van der Waals surface area contributed by atoms with Crippen LogP contribution in [0.4, 0.5) is 0 Å². The molecule has 0 rings (SSSR count). The van der Waals surface area contributed by atoms with E-state index in [2.05, 4.69) is 34.6 Å². The monoisotopic (exact) mass is 779 g/mol. The predicted octanol–water partition coefficient (Wildman–Crippen LogP) is 15.4. The summed E-state index contributed by atoms with van der Waals surface area (Å²) in [7, 11) is 0. The number of unbranched alkanes of at least 4 members (excludes halogenated alkanes) is 27. The van der Waals surface area contributed by atoms with E-state index in [4.69, 9.17) is 14.2 Å². The molecule has 2 atom stereocenters. The van der Waals surface area contributed by atoms with Crippen molar-refractivity contribution in [2.24, 2.45) is 11.8 Å². The van der Waals surface area contributed by atoms with Crippen molar-refractivity contribution in [2.45, 2.75) is 272 Å². The third-order valence-electron chi connectivity index (χ3n) is 11.3. The lowest BCUT2D eigenvalue weighted by molar-refractivity contribution is -0.167. The van der Waals surface area contributed by atoms with Crippen molar-refractivity contribution in [3.05, 3.63) is 0 Å². The van der Waals surface area contributed by atoms with Gasteiger partial charge in [0.1, 0.15) is 13.2 Å². The number of carbonyl (C=O) groups is 3. The number of hydrogen-bond acceptors (Lipinski definition) is 6. The number of ether oxygens (including phenoxy) is 3. The maximum atomic E-state index is 12.5. The van der Waals surface area contributed by atoms with Crippen LogP contribution in [0.1, 0.15) is 266 Å². The van der Waals surface area contributed by atoms with Crippen molar-refractivity contribution in [3.63, 3.8) is 0 Å². The van der Waals surface area contributed by atoms with E-state index < -0.39 is 6.10 Å². The van der Waals surface area contributed by atoms with Crippen molar-refractivity contribution < 1.29 is 28.6 Å². The summed E-state index contributed by atoms with van der Waals surface area (Å²) in [5.74, 6) is 0.851. The van der Waals surface area contributed by atoms with E-state index in [1.165, 1.54) is 148 Å². The molecule has 55 heavy (non-hydrogen) atoms. The standard InChI is InChI=1S/C49H94O6/c1-6-8-9-27-36-41-49(52)55-46(43-54-48(51)40-35-31-26-22-18-17-20-24-29-33-38-45(5)7-2)42-53-47(50)39-34-30-25-21-16-14-12-10-11-13-15-19-23-28-32-37-44(3)4/h44-46H,6-43H2,1-5H3/t45?,46-/m0/s1. The summed E-state index contributed by atoms with van der Waals surface area (Å²) in [5, 5.41) is 0. The third kappa shape index (κ3) is 41.9. The third-order valence-corrected chi connectivity index (χ3v) is 11.3. The fourth-order valence-corrected chi connectivity index (χ4v) is 7.25. The van der Waals surface area contributed by atoms with Crippen LogP contribution < -0.4 is 0 Å². The highest BCUT2D eigenvalue weighted by Gasteiger charge is 2.19. The lowest BCUT2D eigenvalue weighted by atomic mass is 9.99. The Hall–Kier alpha value is -1.59. The van der Waals surface area contributed by atoms with Gasteiger partial charge in [0.05, 0.1) is 0 Å². The molecule has 0 aromatic rings. The normalized spacial score (nSPS) is 12.5. The van der Waals surface area contributed by atoms with Crippen LogP contribution in [0, 0.1) is 11.8 Å². The molecule has 0 aliphatic heterocycles. The van der Waals surface area contributed by atoms with Gasteiger partial charge in [0, 0.05) is 19.3 Å². The first-order valence-electron chi connectivity index (χ1n) is 24.3. The van der Waals surface area contributed by atoms with Gasteiger partial charge in [-0.2, -0.15) is 0 Å². The SMILES string of the molecule is CCCCCCCC(=O)O[C@@H](COC(=O)CCCCCCCCCCCCCCCCCC(C)C)COC(=O)CCCCCCCCCCCCC(C)CC. The van der Waals surface area contributed by atoms with Gasteiger partial charge in [0.2, 0.25) is 0 Å². The fourth-order valence-electron chi connectivity index (χ4n) is 7.25. The largest absolute Gasteiger partial charge is 0.462 e. The average molecular weight is 779 g/mol. The highest BCUT2D eigenvalue weighted by atomic mass is 16.6. The maximum absolute atomic E-state index is 12.5. The Morgan fingerprint density at radius 2 is 0.691 bits per heavy atom. The van der Waals surface area contributed by atoms with Crippen LogP contribution in [0.15, 0.2) is 0 Å². The van der Waals surface area contributed by atoms with Crippen molar-refractivity contribution in [1.82, 2.24) is 0 Å². The molecule has 0 heterocycles. The number of esters is 3. The Bertz CT molecular complexity index is 841. The zero-order valence-corrected chi connectivity index (χ0v) is 37.6. The molecule has 0 saturated heterocycles. The van der Waals surface area contributed by atoms with E-state index in [1.807, 2.05) is 0 Å². The lowest BCUT2D eigenvalue weighted by Crippen LogP contribution is -2.30. The van der Waals surface area contributed by atoms with Crippen molar-refractivity contribution in [2.75, 3.05) is 13.2 Å². The zero-order chi connectivity index (χ0) is 40.5. The van der Waals surface area contributed by atoms with Crippen LogP contribution in [0.25, 0.3) is 0 Å². The molecule has 0 spiro atoms. The summed E-state index contributed by atoms with van der Waals surface area (Å²) < 4.78 is 16.6. The molecule has 0 aliphatic rings. The van der Waals surface area contributed by atoms with Gasteiger partial charge in [0.25, 0.3) is 0 Å². The molecule has 326 valence electrons. The Morgan fingerprint density at radius 3 is 1.04 bits per heavy atom. The number of carbonyl (C=O) groups excluding carboxylic acids is 3. The molecule has 0 aromatic heterocycles. The Kier molecular flexibility index (Phi) is 40.8. The minimum absolute atomic E-state index is 0.0656. The van der Waals surface area contributed by atoms with Crippen LogP contribution in [0.2, 0.25) is 0 Å². The van der Waals surface area contributed by atoms with Crippen LogP contribution in [0.3, 0.4) is 0 Å². The minimum atomic E-state index is -0.759. The lowest BCUT2D eigenvalue weighted by Gasteiger charge is -2.18. The Morgan fingerprint density at radius 1 is 0.382 bits per heavy atom. The molecule has 1 unspecified atom stereocenters. The Labute approximate surface area is 342 Å². The number of rotatable bonds is 43. The van der Waals surface area contributed by atoms with E-state index in [1.54, 1.807) is 0 Å². The van der Waals surface area contributed by atoms with Gasteiger partial charge in [-0.25, -0.2) is 0 Å². The summed E-state index contributed by atoms with van der Waals surface area (Å²) in [6.07, 6.45) is 41.2. The first-order chi connectivity index (χ1) is 26.8. The van der Waals surface area contributed by atoms with Gasteiger partial charge in [-0.05, 0) is 31.1 Å². The van der Waals surface area contributed by atoms with Gasteiger partial charge in [-0.3, -0.25) is 14.4 Å². The van der Waals surface area contributed by atoms with Crippen molar-refractivity contribution in [1.29, 1.82) is 0 Å². The number of hydrogen-bond donors (Lipinski definition) is 0. The molecule has 6 heteroatoms. The summed E-state index contributed by atoms with van der Waals surface area (Å²) >= 11 is 0. The Balaban J connectivity index is 4.09. The topological polar surface area (TPSA) is 78.9 Å². The molecule has 0 fully saturated rings. The quantitative estimate of drug-likeness (QED) is 0.0348. The summed E-state index contributed by atoms with van der Waals surface area (Å²) in [5.41, 5.74) is 0. The molecule has 0 radical (unpaired) electrons. The first-order valence-corrected chi connectivity index (χ1v) is 24.3. The van der Waals surface area contributed by atoms with Gasteiger partial charge in [0.15, 0.2) is 6.10 Å². The molecule has 0 amide bonds. The second-order valence-corrected chi connectivity index (χ2v) is 17.5. The van der Waals surface area contributed by atoms with E-state index in [0.29, 0.717) is 19.3 Å². The van der Waals surface area contributed by atoms with E-state index >= 15 is 0 Å². The van der Waals surface area contributed by atoms with Gasteiger partial charge >= 0.3 is 17.9 Å². The van der Waals surface area contributed by atoms with E-state index in [0.717, 1.165) is 76.0 Å². The highest BCUT2D eigenvalue weighted by molar-refractivity contribution is 5.71. The molecule has 0 saturated carbocycles. The second-order valence-electron chi connectivity index (χ2n) is 17.5. The van der Waals surface area contributed by atoms with Gasteiger partial charge in [-0.15, -0.1) is 0 Å². The summed E-state index contributed by atoms with van der Waals surface area (Å²) in [6.45, 7) is 11.3. The van der Waals surface area contributed by atoms with Crippen LogP contribution >= 0.6 is 0 Å². The molecule has 0 aliphatic carbocycles. The average Bonchev–Trinajstić information content (AvgIpc) is 3.17. The second kappa shape index (κ2) is 42.0. The smallest absolute Gasteiger partial charge is 0.306 e. The van der Waals surface area contributed by atoms with Crippen LogP contribution in [0.5, 0.6) is 0 Å². The minimum Gasteiger partial charge on any atom is -0.462 e. The molecule has 0 bridgehead atoms. The molecule has 6 nitrogen and oxygen atoms in total. The van der Waals surface area contributed by atoms with Crippen molar-refractivity contribution >= 4 is 17.9 Å². The predicted molar refractivity (Wildman–Crippen MR) is 233 cm³/mol. The summed E-state index contributed by atoms with van der Waals surface area (Å²) in [4.78, 5) is 37.5. The first kappa shape index (κ1) is 53.4. The van der Waals surface area contributed by atoms with E-state index in [-0.39, 0.29) is 31.1 Å². The molecule has 0 aromatic carbocycles. The van der Waals surface area contributed by atoms with Crippen LogP contribution in [-0.2, 0) is 28.6 Å². The molecular weight excluding hydrogens is 685 g/mol. The zero-order valence-electron chi connectivity index (χ0n) is 37.6. The van der Waals surface area contributed by atoms with Gasteiger partial charge in [-0.1, -0.05) is 227 Å². The van der Waals surface area contributed by atoms with Crippen molar-refractivity contribution in [3.8, 4) is 0 Å². The molecule has 0 N–H and O–H groups in total. The highest BCUT2D eigenvalue weighted by Crippen LogP contribution is 2.17. The van der Waals surface area contributed by atoms with Gasteiger partial charge < -0.3 is 14.2 Å². The maximum Gasteiger partial charge on any atom is 0.306 e. The van der Waals surface area contributed by atoms with Crippen LogP contribution in [-0.4, -0.2) is 37.2 Å².